The number of hydrogen-bond acceptors (Lipinski definition) is 3. The Bertz CT molecular complexity index is 592. The van der Waals surface area contributed by atoms with E-state index in [0.29, 0.717) is 16.6 Å². The van der Waals surface area contributed by atoms with Gasteiger partial charge in [0.05, 0.1) is 6.21 Å². The van der Waals surface area contributed by atoms with Gasteiger partial charge in [0.1, 0.15) is 17.3 Å². The molecular formula is C13H12FN3OS. The van der Waals surface area contributed by atoms with Gasteiger partial charge in [0.15, 0.2) is 5.11 Å². The lowest BCUT2D eigenvalue weighted by Gasteiger charge is -2.06. The van der Waals surface area contributed by atoms with Gasteiger partial charge in [0.2, 0.25) is 0 Å². The zero-order valence-corrected chi connectivity index (χ0v) is 11.0. The number of halogens is 1. The van der Waals surface area contributed by atoms with Gasteiger partial charge in [-0.15, -0.1) is 0 Å². The van der Waals surface area contributed by atoms with Crippen LogP contribution in [-0.2, 0) is 0 Å². The second-order valence-corrected chi connectivity index (χ2v) is 4.19. The molecular weight excluding hydrogens is 265 g/mol. The second-order valence-electron chi connectivity index (χ2n) is 3.78. The molecule has 0 aliphatic heterocycles. The Morgan fingerprint density at radius 2 is 2.00 bits per heavy atom. The molecule has 2 aromatic rings. The molecule has 0 unspecified atom stereocenters. The Balaban J connectivity index is 1.84. The fourth-order valence-electron chi connectivity index (χ4n) is 1.37. The first-order valence-electron chi connectivity index (χ1n) is 5.55. The highest BCUT2D eigenvalue weighted by Crippen LogP contribution is 2.07. The molecule has 98 valence electrons. The van der Waals surface area contributed by atoms with Crippen LogP contribution in [0.1, 0.15) is 11.5 Å². The fourth-order valence-corrected chi connectivity index (χ4v) is 1.54. The molecule has 19 heavy (non-hydrogen) atoms. The molecule has 1 aromatic heterocycles. The Hall–Kier alpha value is -2.21. The van der Waals surface area contributed by atoms with Gasteiger partial charge in [-0.25, -0.2) is 4.39 Å². The van der Waals surface area contributed by atoms with Gasteiger partial charge < -0.3 is 9.73 Å². The molecule has 2 N–H and O–H groups in total. The summed E-state index contributed by atoms with van der Waals surface area (Å²) in [6, 6.07) is 9.51. The summed E-state index contributed by atoms with van der Waals surface area (Å²) in [6.07, 6.45) is 1.52. The summed E-state index contributed by atoms with van der Waals surface area (Å²) in [5.74, 6) is 1.15. The molecule has 4 nitrogen and oxygen atoms in total. The maximum atomic E-state index is 12.7. The van der Waals surface area contributed by atoms with E-state index in [1.165, 1.54) is 18.3 Å². The zero-order valence-electron chi connectivity index (χ0n) is 10.2. The molecule has 0 aliphatic rings. The highest BCUT2D eigenvalue weighted by atomic mass is 32.1. The number of hydrazone groups is 1. The summed E-state index contributed by atoms with van der Waals surface area (Å²) >= 11 is 5.03. The van der Waals surface area contributed by atoms with Crippen LogP contribution >= 0.6 is 12.2 Å². The molecule has 1 aromatic carbocycles. The third-order valence-corrected chi connectivity index (χ3v) is 2.41. The molecule has 0 spiro atoms. The smallest absolute Gasteiger partial charge is 0.191 e. The minimum atomic E-state index is -0.296. The van der Waals surface area contributed by atoms with Gasteiger partial charge in [0.25, 0.3) is 0 Å². The molecule has 0 bridgehead atoms. The number of benzene rings is 1. The third kappa shape index (κ3) is 4.18. The monoisotopic (exact) mass is 277 g/mol. The van der Waals surface area contributed by atoms with E-state index < -0.39 is 0 Å². The molecule has 6 heteroatoms. The number of hydrogen-bond donors (Lipinski definition) is 2. The predicted octanol–water partition coefficient (Wildman–Crippen LogP) is 3.05. The average molecular weight is 277 g/mol. The summed E-state index contributed by atoms with van der Waals surface area (Å²) in [7, 11) is 0. The van der Waals surface area contributed by atoms with Crippen molar-refractivity contribution in [3.05, 3.63) is 53.7 Å². The average Bonchev–Trinajstić information content (AvgIpc) is 2.78. The van der Waals surface area contributed by atoms with Crippen molar-refractivity contribution < 1.29 is 8.81 Å². The van der Waals surface area contributed by atoms with Crippen molar-refractivity contribution in [1.29, 1.82) is 0 Å². The molecule has 0 aliphatic carbocycles. The third-order valence-electron chi connectivity index (χ3n) is 2.22. The van der Waals surface area contributed by atoms with Crippen LogP contribution in [0.5, 0.6) is 0 Å². The van der Waals surface area contributed by atoms with Crippen molar-refractivity contribution >= 4 is 29.2 Å². The minimum absolute atomic E-state index is 0.296. The largest absolute Gasteiger partial charge is 0.460 e. The Morgan fingerprint density at radius 3 is 2.63 bits per heavy atom. The Labute approximate surface area is 115 Å². The maximum absolute atomic E-state index is 12.7. The van der Waals surface area contributed by atoms with E-state index in [0.717, 1.165) is 5.76 Å². The zero-order chi connectivity index (χ0) is 13.7. The summed E-state index contributed by atoms with van der Waals surface area (Å²) in [6.45, 7) is 1.85. The summed E-state index contributed by atoms with van der Waals surface area (Å²) in [5, 5.41) is 7.10. The Morgan fingerprint density at radius 1 is 1.26 bits per heavy atom. The first-order chi connectivity index (χ1) is 9.13. The van der Waals surface area contributed by atoms with E-state index in [-0.39, 0.29) is 5.82 Å². The van der Waals surface area contributed by atoms with Crippen LogP contribution in [0.3, 0.4) is 0 Å². The predicted molar refractivity (Wildman–Crippen MR) is 76.8 cm³/mol. The SMILES string of the molecule is Cc1ccc(C=NNC(=S)Nc2ccc(F)cc2)o1. The number of thiocarbonyl (C=S) groups is 1. The first kappa shape index (κ1) is 13.2. The summed E-state index contributed by atoms with van der Waals surface area (Å²) < 4.78 is 18.0. The van der Waals surface area contributed by atoms with Gasteiger partial charge >= 0.3 is 0 Å². The second kappa shape index (κ2) is 6.10. The maximum Gasteiger partial charge on any atom is 0.191 e. The quantitative estimate of drug-likeness (QED) is 0.514. The first-order valence-corrected chi connectivity index (χ1v) is 5.96. The van der Waals surface area contributed by atoms with Crippen LogP contribution in [0.4, 0.5) is 10.1 Å². The van der Waals surface area contributed by atoms with Gasteiger partial charge in [-0.3, -0.25) is 5.43 Å². The fraction of sp³-hybridized carbons (Fsp3) is 0.0769. The summed E-state index contributed by atoms with van der Waals surface area (Å²) in [5.41, 5.74) is 3.32. The van der Waals surface area contributed by atoms with Gasteiger partial charge in [-0.2, -0.15) is 5.10 Å². The standard InChI is InChI=1S/C13H12FN3OS/c1-9-2-7-12(18-9)8-15-17-13(19)16-11-5-3-10(14)4-6-11/h2-8H,1H3,(H2,16,17,19). The summed E-state index contributed by atoms with van der Waals surface area (Å²) in [4.78, 5) is 0. The molecule has 0 saturated carbocycles. The number of aryl methyl sites for hydroxylation is 1. The number of furan rings is 1. The lowest BCUT2D eigenvalue weighted by Crippen LogP contribution is -2.23. The Kier molecular flexibility index (Phi) is 4.25. The van der Waals surface area contributed by atoms with Crippen molar-refractivity contribution in [3.8, 4) is 0 Å². The molecule has 0 radical (unpaired) electrons. The van der Waals surface area contributed by atoms with E-state index in [1.54, 1.807) is 18.2 Å². The molecule has 1 heterocycles. The van der Waals surface area contributed by atoms with Crippen molar-refractivity contribution in [2.75, 3.05) is 5.32 Å². The van der Waals surface area contributed by atoms with E-state index in [1.807, 2.05) is 13.0 Å². The number of nitrogens with zero attached hydrogens (tertiary/aromatic N) is 1. The lowest BCUT2D eigenvalue weighted by atomic mass is 10.3. The van der Waals surface area contributed by atoms with E-state index in [2.05, 4.69) is 15.8 Å². The number of rotatable bonds is 3. The van der Waals surface area contributed by atoms with Gasteiger partial charge in [0, 0.05) is 5.69 Å². The molecule has 2 rings (SSSR count). The van der Waals surface area contributed by atoms with Crippen LogP contribution in [0, 0.1) is 12.7 Å². The van der Waals surface area contributed by atoms with Crippen molar-refractivity contribution in [3.63, 3.8) is 0 Å². The van der Waals surface area contributed by atoms with Crippen LogP contribution in [-0.4, -0.2) is 11.3 Å². The van der Waals surface area contributed by atoms with Crippen molar-refractivity contribution in [1.82, 2.24) is 5.43 Å². The van der Waals surface area contributed by atoms with Crippen molar-refractivity contribution in [2.24, 2.45) is 5.10 Å². The highest BCUT2D eigenvalue weighted by molar-refractivity contribution is 7.80. The molecule has 0 fully saturated rings. The van der Waals surface area contributed by atoms with Crippen LogP contribution < -0.4 is 10.7 Å². The number of anilines is 1. The molecule has 0 saturated heterocycles. The van der Waals surface area contributed by atoms with E-state index >= 15 is 0 Å². The van der Waals surface area contributed by atoms with Crippen LogP contribution in [0.25, 0.3) is 0 Å². The topological polar surface area (TPSA) is 49.6 Å². The molecule has 0 atom stereocenters. The van der Waals surface area contributed by atoms with E-state index in [4.69, 9.17) is 16.6 Å². The lowest BCUT2D eigenvalue weighted by molar-refractivity contribution is 0.527. The minimum Gasteiger partial charge on any atom is -0.460 e. The molecule has 0 amide bonds. The van der Waals surface area contributed by atoms with E-state index in [9.17, 15) is 4.39 Å². The van der Waals surface area contributed by atoms with Crippen LogP contribution in [0.15, 0.2) is 45.9 Å². The van der Waals surface area contributed by atoms with Gasteiger partial charge in [-0.1, -0.05) is 0 Å². The highest BCUT2D eigenvalue weighted by Gasteiger charge is 1.97. The van der Waals surface area contributed by atoms with Crippen molar-refractivity contribution in [2.45, 2.75) is 6.92 Å². The normalized spacial score (nSPS) is 10.6. The van der Waals surface area contributed by atoms with Crippen LogP contribution in [0.2, 0.25) is 0 Å². The van der Waals surface area contributed by atoms with Gasteiger partial charge in [-0.05, 0) is 55.5 Å². The number of nitrogens with one attached hydrogen (secondary N) is 2.